The Bertz CT molecular complexity index is 502. The van der Waals surface area contributed by atoms with Gasteiger partial charge in [-0.25, -0.2) is 0 Å². The van der Waals surface area contributed by atoms with Crippen molar-refractivity contribution in [1.29, 1.82) is 0 Å². The molecule has 1 aliphatic rings. The van der Waals surface area contributed by atoms with Gasteiger partial charge < -0.3 is 9.64 Å². The lowest BCUT2D eigenvalue weighted by molar-refractivity contribution is -0.145. The second-order valence-electron chi connectivity index (χ2n) is 5.06. The molecule has 1 heterocycles. The van der Waals surface area contributed by atoms with E-state index in [0.717, 1.165) is 29.7 Å². The van der Waals surface area contributed by atoms with Crippen LogP contribution in [0.25, 0.3) is 0 Å². The highest BCUT2D eigenvalue weighted by Crippen LogP contribution is 2.32. The Hall–Kier alpha value is -1.84. The number of hydrogen-bond acceptors (Lipinski definition) is 3. The van der Waals surface area contributed by atoms with Crippen LogP contribution < -0.4 is 4.90 Å². The fourth-order valence-electron chi connectivity index (χ4n) is 2.81. The van der Waals surface area contributed by atoms with Crippen molar-refractivity contribution in [3.05, 3.63) is 29.3 Å². The van der Waals surface area contributed by atoms with E-state index in [-0.39, 0.29) is 24.2 Å². The summed E-state index contributed by atoms with van der Waals surface area (Å²) in [4.78, 5) is 25.7. The first kappa shape index (κ1) is 14.6. The van der Waals surface area contributed by atoms with Gasteiger partial charge in [0.25, 0.3) is 0 Å². The average molecular weight is 275 g/mol. The molecule has 108 valence electrons. The van der Waals surface area contributed by atoms with Crippen molar-refractivity contribution < 1.29 is 14.3 Å². The second kappa shape index (κ2) is 6.07. The minimum atomic E-state index is -0.345. The van der Waals surface area contributed by atoms with Crippen LogP contribution in [0.3, 0.4) is 0 Å². The third-order valence-corrected chi connectivity index (χ3v) is 3.89. The first-order valence-corrected chi connectivity index (χ1v) is 7.11. The van der Waals surface area contributed by atoms with Crippen molar-refractivity contribution in [2.24, 2.45) is 5.92 Å². The summed E-state index contributed by atoms with van der Waals surface area (Å²) in [6, 6.07) is 6.12. The molecule has 4 nitrogen and oxygen atoms in total. The first-order valence-electron chi connectivity index (χ1n) is 7.11. The highest BCUT2D eigenvalue weighted by atomic mass is 16.5. The average Bonchev–Trinajstić information content (AvgIpc) is 2.87. The maximum Gasteiger partial charge on any atom is 0.311 e. The molecule has 1 fully saturated rings. The Kier molecular flexibility index (Phi) is 4.42. The topological polar surface area (TPSA) is 46.6 Å². The van der Waals surface area contributed by atoms with Gasteiger partial charge >= 0.3 is 5.97 Å². The van der Waals surface area contributed by atoms with Gasteiger partial charge in [0.15, 0.2) is 0 Å². The lowest BCUT2D eigenvalue weighted by Crippen LogP contribution is -2.28. The molecule has 1 aromatic rings. The molecule has 1 aromatic carbocycles. The summed E-state index contributed by atoms with van der Waals surface area (Å²) >= 11 is 0. The van der Waals surface area contributed by atoms with Crippen LogP contribution in [0.5, 0.6) is 0 Å². The van der Waals surface area contributed by atoms with Gasteiger partial charge in [-0.15, -0.1) is 0 Å². The predicted molar refractivity (Wildman–Crippen MR) is 77.7 cm³/mol. The molecule has 0 bridgehead atoms. The third kappa shape index (κ3) is 2.55. The number of hydrogen-bond donors (Lipinski definition) is 0. The normalized spacial score (nSPS) is 18.4. The lowest BCUT2D eigenvalue weighted by atomic mass is 10.0. The number of anilines is 1. The Morgan fingerprint density at radius 3 is 2.40 bits per heavy atom. The largest absolute Gasteiger partial charge is 0.469 e. The van der Waals surface area contributed by atoms with E-state index in [1.807, 2.05) is 18.2 Å². The van der Waals surface area contributed by atoms with Gasteiger partial charge in [0.1, 0.15) is 0 Å². The summed E-state index contributed by atoms with van der Waals surface area (Å²) < 4.78 is 4.76. The molecule has 0 saturated carbocycles. The zero-order valence-corrected chi connectivity index (χ0v) is 12.3. The Morgan fingerprint density at radius 1 is 1.30 bits per heavy atom. The van der Waals surface area contributed by atoms with E-state index in [0.29, 0.717) is 6.54 Å². The summed E-state index contributed by atoms with van der Waals surface area (Å²) in [6.45, 7) is 4.59. The summed E-state index contributed by atoms with van der Waals surface area (Å²) in [6.07, 6.45) is 1.99. The van der Waals surface area contributed by atoms with Crippen LogP contribution in [0.4, 0.5) is 5.69 Å². The standard InChI is InChI=1S/C16H21NO3/c1-4-11-7-6-8-12(5-2)15(11)17-10-13(9-14(17)18)16(19)20-3/h6-8,13H,4-5,9-10H2,1-3H3. The van der Waals surface area contributed by atoms with E-state index >= 15 is 0 Å². The van der Waals surface area contributed by atoms with E-state index < -0.39 is 0 Å². The molecule has 1 amide bonds. The Labute approximate surface area is 119 Å². The predicted octanol–water partition coefficient (Wildman–Crippen LogP) is 2.34. The maximum absolute atomic E-state index is 12.3. The van der Waals surface area contributed by atoms with Gasteiger partial charge in [-0.05, 0) is 24.0 Å². The molecule has 0 N–H and O–H groups in total. The van der Waals surface area contributed by atoms with Crippen LogP contribution in [-0.2, 0) is 27.2 Å². The summed E-state index contributed by atoms with van der Waals surface area (Å²) in [5.41, 5.74) is 3.31. The van der Waals surface area contributed by atoms with Crippen LogP contribution >= 0.6 is 0 Å². The third-order valence-electron chi connectivity index (χ3n) is 3.89. The van der Waals surface area contributed by atoms with Gasteiger partial charge in [0, 0.05) is 18.7 Å². The van der Waals surface area contributed by atoms with E-state index in [1.54, 1.807) is 4.90 Å². The van der Waals surface area contributed by atoms with Gasteiger partial charge in [-0.2, -0.15) is 0 Å². The highest BCUT2D eigenvalue weighted by molar-refractivity contribution is 6.00. The van der Waals surface area contributed by atoms with Crippen molar-refractivity contribution >= 4 is 17.6 Å². The fourth-order valence-corrected chi connectivity index (χ4v) is 2.81. The van der Waals surface area contributed by atoms with Crippen molar-refractivity contribution in [2.45, 2.75) is 33.1 Å². The number of nitrogens with zero attached hydrogens (tertiary/aromatic N) is 1. The molecule has 0 aliphatic carbocycles. The molecule has 1 aliphatic heterocycles. The van der Waals surface area contributed by atoms with E-state index in [9.17, 15) is 9.59 Å². The number of benzene rings is 1. The van der Waals surface area contributed by atoms with Gasteiger partial charge in [0.2, 0.25) is 5.91 Å². The van der Waals surface area contributed by atoms with Crippen LogP contribution in [0.2, 0.25) is 0 Å². The SMILES string of the molecule is CCc1cccc(CC)c1N1CC(C(=O)OC)CC1=O. The van der Waals surface area contributed by atoms with Gasteiger partial charge in [-0.1, -0.05) is 32.0 Å². The van der Waals surface area contributed by atoms with Crippen molar-refractivity contribution in [3.63, 3.8) is 0 Å². The smallest absolute Gasteiger partial charge is 0.311 e. The molecular formula is C16H21NO3. The summed E-state index contributed by atoms with van der Waals surface area (Å²) in [7, 11) is 1.37. The Balaban J connectivity index is 2.37. The number of esters is 1. The minimum Gasteiger partial charge on any atom is -0.469 e. The lowest BCUT2D eigenvalue weighted by Gasteiger charge is -2.23. The van der Waals surface area contributed by atoms with Crippen molar-refractivity contribution in [3.8, 4) is 0 Å². The van der Waals surface area contributed by atoms with Crippen molar-refractivity contribution in [2.75, 3.05) is 18.6 Å². The minimum absolute atomic E-state index is 0.0102. The highest BCUT2D eigenvalue weighted by Gasteiger charge is 2.37. The summed E-state index contributed by atoms with van der Waals surface area (Å²) in [5.74, 6) is -0.633. The van der Waals surface area contributed by atoms with E-state index in [2.05, 4.69) is 13.8 Å². The van der Waals surface area contributed by atoms with Crippen LogP contribution in [0.1, 0.15) is 31.4 Å². The molecule has 0 radical (unpaired) electrons. The molecular weight excluding hydrogens is 254 g/mol. The number of carbonyl (C=O) groups is 2. The monoisotopic (exact) mass is 275 g/mol. The molecule has 0 spiro atoms. The number of para-hydroxylation sites is 1. The number of carbonyl (C=O) groups excluding carboxylic acids is 2. The number of ether oxygens (including phenoxy) is 1. The van der Waals surface area contributed by atoms with Crippen molar-refractivity contribution in [1.82, 2.24) is 0 Å². The van der Waals surface area contributed by atoms with E-state index in [4.69, 9.17) is 4.74 Å². The molecule has 4 heteroatoms. The number of methoxy groups -OCH3 is 1. The number of amides is 1. The Morgan fingerprint density at radius 2 is 1.90 bits per heavy atom. The molecule has 1 atom stereocenters. The van der Waals surface area contributed by atoms with Gasteiger partial charge in [0.05, 0.1) is 13.0 Å². The van der Waals surface area contributed by atoms with Crippen LogP contribution in [-0.4, -0.2) is 25.5 Å². The first-order chi connectivity index (χ1) is 9.62. The molecule has 0 aromatic heterocycles. The zero-order chi connectivity index (χ0) is 14.7. The van der Waals surface area contributed by atoms with Crippen LogP contribution in [0.15, 0.2) is 18.2 Å². The number of aryl methyl sites for hydroxylation is 2. The van der Waals surface area contributed by atoms with Crippen LogP contribution in [0, 0.1) is 5.92 Å². The molecule has 20 heavy (non-hydrogen) atoms. The fraction of sp³-hybridized carbons (Fsp3) is 0.500. The quantitative estimate of drug-likeness (QED) is 0.792. The molecule has 1 saturated heterocycles. The second-order valence-corrected chi connectivity index (χ2v) is 5.06. The molecule has 1 unspecified atom stereocenters. The number of rotatable bonds is 4. The summed E-state index contributed by atoms with van der Waals surface area (Å²) in [5, 5.41) is 0. The van der Waals surface area contributed by atoms with Gasteiger partial charge in [-0.3, -0.25) is 9.59 Å². The maximum atomic E-state index is 12.3. The van der Waals surface area contributed by atoms with E-state index in [1.165, 1.54) is 7.11 Å². The zero-order valence-electron chi connectivity index (χ0n) is 12.3. The molecule has 2 rings (SSSR count).